The fourth-order valence-electron chi connectivity index (χ4n) is 2.76. The van der Waals surface area contributed by atoms with Crippen LogP contribution in [0, 0.1) is 0 Å². The van der Waals surface area contributed by atoms with Crippen molar-refractivity contribution in [2.75, 3.05) is 6.79 Å². The van der Waals surface area contributed by atoms with Crippen LogP contribution in [0.2, 0.25) is 0 Å². The largest absolute Gasteiger partial charge is 0.454 e. The van der Waals surface area contributed by atoms with E-state index in [1.165, 1.54) is 6.08 Å². The lowest BCUT2D eigenvalue weighted by molar-refractivity contribution is 0.0733. The minimum Gasteiger partial charge on any atom is -0.454 e. The topological polar surface area (TPSA) is 61.8 Å². The second kappa shape index (κ2) is 7.80. The highest BCUT2D eigenvalue weighted by atomic mass is 16.7. The van der Waals surface area contributed by atoms with Crippen LogP contribution in [-0.2, 0) is 0 Å². The number of fused-ring (bicyclic) bond motifs is 1. The van der Waals surface area contributed by atoms with Gasteiger partial charge in [-0.15, -0.1) is 0 Å². The molecular weight excluding hydrogens is 356 g/mol. The van der Waals surface area contributed by atoms with Crippen molar-refractivity contribution in [1.29, 1.82) is 0 Å². The van der Waals surface area contributed by atoms with Crippen molar-refractivity contribution in [1.82, 2.24) is 0 Å². The molecular formula is C23H16O5. The summed E-state index contributed by atoms with van der Waals surface area (Å²) in [6, 6.07) is 20.9. The lowest BCUT2D eigenvalue weighted by Gasteiger charge is -2.08. The summed E-state index contributed by atoms with van der Waals surface area (Å²) >= 11 is 0. The molecule has 1 aliphatic heterocycles. The van der Waals surface area contributed by atoms with E-state index in [9.17, 15) is 9.59 Å². The third-order valence-electron chi connectivity index (χ3n) is 4.20. The van der Waals surface area contributed by atoms with E-state index in [-0.39, 0.29) is 12.6 Å². The minimum absolute atomic E-state index is 0.127. The van der Waals surface area contributed by atoms with E-state index in [0.717, 1.165) is 0 Å². The molecule has 4 rings (SSSR count). The number of ether oxygens (including phenoxy) is 3. The molecule has 3 aromatic rings. The number of carbonyl (C=O) groups excluding carboxylic acids is 2. The number of hydrogen-bond donors (Lipinski definition) is 0. The Morgan fingerprint density at radius 1 is 0.821 bits per heavy atom. The first-order valence-corrected chi connectivity index (χ1v) is 8.69. The van der Waals surface area contributed by atoms with E-state index in [1.54, 1.807) is 54.6 Å². The van der Waals surface area contributed by atoms with Crippen LogP contribution in [0.15, 0.2) is 78.9 Å². The maximum atomic E-state index is 12.5. The fourth-order valence-corrected chi connectivity index (χ4v) is 2.76. The third-order valence-corrected chi connectivity index (χ3v) is 4.20. The van der Waals surface area contributed by atoms with Crippen molar-refractivity contribution in [2.45, 2.75) is 0 Å². The molecule has 0 atom stereocenters. The molecule has 0 fully saturated rings. The molecule has 1 heterocycles. The van der Waals surface area contributed by atoms with Crippen LogP contribution in [0.3, 0.4) is 0 Å². The van der Waals surface area contributed by atoms with Gasteiger partial charge in [-0.3, -0.25) is 4.79 Å². The number of ketones is 1. The molecule has 0 amide bonds. The summed E-state index contributed by atoms with van der Waals surface area (Å²) in [4.78, 5) is 24.8. The summed E-state index contributed by atoms with van der Waals surface area (Å²) in [5.41, 5.74) is 1.57. The molecule has 0 saturated heterocycles. The summed E-state index contributed by atoms with van der Waals surface area (Å²) in [6.07, 6.45) is 3.10. The first kappa shape index (κ1) is 17.5. The quantitative estimate of drug-likeness (QED) is 0.285. The molecule has 0 aromatic heterocycles. The highest BCUT2D eigenvalue weighted by molar-refractivity contribution is 6.07. The van der Waals surface area contributed by atoms with Gasteiger partial charge in [-0.2, -0.15) is 0 Å². The fraction of sp³-hybridized carbons (Fsp3) is 0.0435. The molecule has 0 N–H and O–H groups in total. The molecule has 0 spiro atoms. The Hall–Kier alpha value is -3.86. The molecule has 0 aliphatic carbocycles. The summed E-state index contributed by atoms with van der Waals surface area (Å²) in [5, 5.41) is 0. The molecule has 3 aromatic carbocycles. The number of hydrogen-bond acceptors (Lipinski definition) is 5. The van der Waals surface area contributed by atoms with Crippen molar-refractivity contribution in [3.8, 4) is 17.2 Å². The highest BCUT2D eigenvalue weighted by Gasteiger charge is 2.18. The van der Waals surface area contributed by atoms with Gasteiger partial charge in [0.15, 0.2) is 17.3 Å². The van der Waals surface area contributed by atoms with E-state index in [4.69, 9.17) is 14.2 Å². The van der Waals surface area contributed by atoms with Gasteiger partial charge in [-0.05, 0) is 36.4 Å². The molecule has 28 heavy (non-hydrogen) atoms. The van der Waals surface area contributed by atoms with Gasteiger partial charge in [0.1, 0.15) is 5.75 Å². The van der Waals surface area contributed by atoms with Gasteiger partial charge in [-0.25, -0.2) is 4.79 Å². The number of benzene rings is 3. The first-order chi connectivity index (χ1) is 13.7. The van der Waals surface area contributed by atoms with Crippen LogP contribution < -0.4 is 14.2 Å². The lowest BCUT2D eigenvalue weighted by atomic mass is 10.1. The number of allylic oxidation sites excluding steroid dienone is 1. The van der Waals surface area contributed by atoms with Crippen molar-refractivity contribution in [2.24, 2.45) is 0 Å². The van der Waals surface area contributed by atoms with Crippen LogP contribution in [0.1, 0.15) is 26.3 Å². The average Bonchev–Trinajstić information content (AvgIpc) is 3.21. The van der Waals surface area contributed by atoms with E-state index >= 15 is 0 Å². The van der Waals surface area contributed by atoms with Crippen LogP contribution in [0.25, 0.3) is 6.08 Å². The van der Waals surface area contributed by atoms with Gasteiger partial charge in [0.05, 0.1) is 5.56 Å². The van der Waals surface area contributed by atoms with E-state index in [1.807, 2.05) is 24.3 Å². The van der Waals surface area contributed by atoms with E-state index < -0.39 is 5.97 Å². The second-order valence-electron chi connectivity index (χ2n) is 6.06. The second-order valence-corrected chi connectivity index (χ2v) is 6.06. The molecule has 1 aliphatic rings. The molecule has 5 nitrogen and oxygen atoms in total. The van der Waals surface area contributed by atoms with Crippen LogP contribution in [0.5, 0.6) is 17.2 Å². The number of rotatable bonds is 5. The number of carbonyl (C=O) groups is 2. The Balaban J connectivity index is 1.52. The molecule has 0 saturated carbocycles. The zero-order valence-corrected chi connectivity index (χ0v) is 14.8. The van der Waals surface area contributed by atoms with Gasteiger partial charge in [0, 0.05) is 11.1 Å². The first-order valence-electron chi connectivity index (χ1n) is 8.69. The van der Waals surface area contributed by atoms with Crippen LogP contribution >= 0.6 is 0 Å². The monoisotopic (exact) mass is 372 g/mol. The van der Waals surface area contributed by atoms with Gasteiger partial charge >= 0.3 is 5.97 Å². The van der Waals surface area contributed by atoms with Crippen molar-refractivity contribution < 1.29 is 23.8 Å². The van der Waals surface area contributed by atoms with Crippen molar-refractivity contribution in [3.63, 3.8) is 0 Å². The summed E-state index contributed by atoms with van der Waals surface area (Å²) in [7, 11) is 0. The zero-order chi connectivity index (χ0) is 19.3. The van der Waals surface area contributed by atoms with E-state index in [0.29, 0.717) is 33.9 Å². The van der Waals surface area contributed by atoms with Gasteiger partial charge in [0.2, 0.25) is 6.79 Å². The normalized spacial score (nSPS) is 12.1. The Labute approximate surface area is 161 Å². The maximum absolute atomic E-state index is 12.5. The lowest BCUT2D eigenvalue weighted by Crippen LogP contribution is -2.09. The molecule has 0 radical (unpaired) electrons. The number of para-hydroxylation sites is 1. The summed E-state index contributed by atoms with van der Waals surface area (Å²) in [5.74, 6) is 0.823. The van der Waals surface area contributed by atoms with Crippen molar-refractivity contribution in [3.05, 3.63) is 95.6 Å². The third kappa shape index (κ3) is 3.78. The SMILES string of the molecule is O=C(/C=C/c1ccccc1OC(=O)c1ccc2c(c1)OCO2)c1ccccc1. The summed E-state index contributed by atoms with van der Waals surface area (Å²) in [6.45, 7) is 0.136. The molecule has 0 unspecified atom stereocenters. The Morgan fingerprint density at radius 2 is 1.57 bits per heavy atom. The molecule has 0 bridgehead atoms. The summed E-state index contributed by atoms with van der Waals surface area (Å²) < 4.78 is 16.1. The predicted molar refractivity (Wildman–Crippen MR) is 104 cm³/mol. The standard InChI is InChI=1S/C23H16O5/c24-19(16-6-2-1-3-7-16)12-10-17-8-4-5-9-20(17)28-23(25)18-11-13-21-22(14-18)27-15-26-21/h1-14H,15H2/b12-10+. The molecule has 5 heteroatoms. The maximum Gasteiger partial charge on any atom is 0.343 e. The predicted octanol–water partition coefficient (Wildman–Crippen LogP) is 4.53. The van der Waals surface area contributed by atoms with Gasteiger partial charge in [0.25, 0.3) is 0 Å². The smallest absolute Gasteiger partial charge is 0.343 e. The van der Waals surface area contributed by atoms with Gasteiger partial charge < -0.3 is 14.2 Å². The Morgan fingerprint density at radius 3 is 2.43 bits per heavy atom. The highest BCUT2D eigenvalue weighted by Crippen LogP contribution is 2.33. The zero-order valence-electron chi connectivity index (χ0n) is 14.8. The number of esters is 1. The van der Waals surface area contributed by atoms with E-state index in [2.05, 4.69) is 0 Å². The van der Waals surface area contributed by atoms with Crippen LogP contribution in [-0.4, -0.2) is 18.5 Å². The minimum atomic E-state index is -0.520. The average molecular weight is 372 g/mol. The van der Waals surface area contributed by atoms with Crippen LogP contribution in [0.4, 0.5) is 0 Å². The van der Waals surface area contributed by atoms with Crippen molar-refractivity contribution >= 4 is 17.8 Å². The Kier molecular flexibility index (Phi) is 4.89. The van der Waals surface area contributed by atoms with Gasteiger partial charge in [-0.1, -0.05) is 48.5 Å². The molecule has 138 valence electrons. The Bertz CT molecular complexity index is 1050.